The Bertz CT molecular complexity index is 66.1. The van der Waals surface area contributed by atoms with Crippen molar-refractivity contribution in [2.75, 3.05) is 0 Å². The van der Waals surface area contributed by atoms with Gasteiger partial charge in [-0.15, -0.1) is 0 Å². The third-order valence-corrected chi connectivity index (χ3v) is 0.623. The van der Waals surface area contributed by atoms with Gasteiger partial charge in [-0.2, -0.15) is 9.78 Å². The Kier molecular flexibility index (Phi) is 5.40. The zero-order chi connectivity index (χ0) is 7.98. The first-order valence-electron chi connectivity index (χ1n) is 2.63. The fourth-order valence-electron chi connectivity index (χ4n) is 0.192. The van der Waals surface area contributed by atoms with E-state index in [1.54, 1.807) is 0 Å². The number of hydrogen-bond donors (Lipinski definition) is 2. The van der Waals surface area contributed by atoms with Crippen molar-refractivity contribution in [2.45, 2.75) is 26.4 Å². The van der Waals surface area contributed by atoms with Crippen molar-refractivity contribution in [1.82, 2.24) is 0 Å². The van der Waals surface area contributed by atoms with Gasteiger partial charge in [-0.25, -0.2) is 20.3 Å². The van der Waals surface area contributed by atoms with Crippen molar-refractivity contribution in [2.24, 2.45) is 0 Å². The predicted octanol–water partition coefficient (Wildman–Crippen LogP) is 0.606. The Morgan fingerprint density at radius 2 is 1.20 bits per heavy atom. The van der Waals surface area contributed by atoms with Gasteiger partial charge in [-0.05, 0) is 13.8 Å². The quantitative estimate of drug-likeness (QED) is 0.343. The topological polar surface area (TPSA) is 77.4 Å². The van der Waals surface area contributed by atoms with E-state index in [1.165, 1.54) is 13.8 Å². The molecule has 2 atom stereocenters. The highest BCUT2D eigenvalue weighted by molar-refractivity contribution is 4.17. The van der Waals surface area contributed by atoms with Crippen LogP contribution in [0.3, 0.4) is 0 Å². The smallest absolute Gasteiger partial charge is 0.221 e. The highest BCUT2D eigenvalue weighted by Crippen LogP contribution is 1.96. The minimum absolute atomic E-state index is 0.919. The van der Waals surface area contributed by atoms with E-state index in [1.807, 2.05) is 0 Å². The van der Waals surface area contributed by atoms with Crippen LogP contribution in [-0.2, 0) is 19.6 Å². The van der Waals surface area contributed by atoms with E-state index in [9.17, 15) is 0 Å². The van der Waals surface area contributed by atoms with E-state index in [2.05, 4.69) is 19.6 Å². The molecule has 0 aromatic heterocycles. The summed E-state index contributed by atoms with van der Waals surface area (Å²) in [6.45, 7) is 2.79. The maximum atomic E-state index is 7.91. The summed E-state index contributed by atoms with van der Waals surface area (Å²) < 4.78 is 0. The van der Waals surface area contributed by atoms with Crippen LogP contribution in [0.5, 0.6) is 0 Å². The van der Waals surface area contributed by atoms with Gasteiger partial charge in [0.25, 0.3) is 0 Å². The van der Waals surface area contributed by atoms with Crippen LogP contribution in [0, 0.1) is 0 Å². The third-order valence-electron chi connectivity index (χ3n) is 0.623. The minimum atomic E-state index is -0.919. The molecule has 0 aromatic carbocycles. The molecule has 0 heterocycles. The lowest BCUT2D eigenvalue weighted by molar-refractivity contribution is -0.502. The minimum Gasteiger partial charge on any atom is -0.249 e. The normalized spacial score (nSPS) is 16.8. The van der Waals surface area contributed by atoms with Gasteiger partial charge in [-0.1, -0.05) is 0 Å². The molecule has 62 valence electrons. The Balaban J connectivity index is 3.17. The summed E-state index contributed by atoms with van der Waals surface area (Å²) in [4.78, 5) is 15.9. The van der Waals surface area contributed by atoms with Crippen LogP contribution in [0.15, 0.2) is 0 Å². The first-order chi connectivity index (χ1) is 4.70. The molecule has 0 radical (unpaired) electrons. The Morgan fingerprint density at radius 1 is 0.900 bits per heavy atom. The van der Waals surface area contributed by atoms with E-state index in [4.69, 9.17) is 10.5 Å². The van der Waals surface area contributed by atoms with Gasteiger partial charge in [0, 0.05) is 0 Å². The Labute approximate surface area is 57.7 Å². The second-order valence-electron chi connectivity index (χ2n) is 1.54. The van der Waals surface area contributed by atoms with E-state index in [-0.39, 0.29) is 0 Å². The molecule has 2 unspecified atom stereocenters. The number of rotatable bonds is 5. The third kappa shape index (κ3) is 4.62. The zero-order valence-electron chi connectivity index (χ0n) is 5.68. The predicted molar refractivity (Wildman–Crippen MR) is 28.5 cm³/mol. The molecule has 0 aromatic rings. The molecule has 0 rings (SSSR count). The van der Waals surface area contributed by atoms with Crippen molar-refractivity contribution in [3.63, 3.8) is 0 Å². The molecule has 6 heteroatoms. The van der Waals surface area contributed by atoms with Crippen molar-refractivity contribution in [1.29, 1.82) is 0 Å². The number of hydrogen-bond acceptors (Lipinski definition) is 6. The molecular weight excluding hydrogens is 144 g/mol. The summed E-state index contributed by atoms with van der Waals surface area (Å²) >= 11 is 0. The summed E-state index contributed by atoms with van der Waals surface area (Å²) in [6.07, 6.45) is -1.84. The van der Waals surface area contributed by atoms with Gasteiger partial charge in [0.05, 0.1) is 0 Å². The molecule has 0 bridgehead atoms. The molecule has 0 aliphatic heterocycles. The molecule has 0 aliphatic carbocycles. The van der Waals surface area contributed by atoms with Crippen LogP contribution in [0.1, 0.15) is 13.8 Å². The first kappa shape index (κ1) is 9.76. The fourth-order valence-corrected chi connectivity index (χ4v) is 0.192. The average Bonchev–Trinajstić information content (AvgIpc) is 1.99. The molecule has 2 N–H and O–H groups in total. The second kappa shape index (κ2) is 5.54. The van der Waals surface area contributed by atoms with Crippen LogP contribution in [0.25, 0.3) is 0 Å². The molecule has 0 amide bonds. The van der Waals surface area contributed by atoms with Crippen LogP contribution >= 0.6 is 0 Å². The van der Waals surface area contributed by atoms with Crippen molar-refractivity contribution in [3.05, 3.63) is 0 Å². The summed E-state index contributed by atoms with van der Waals surface area (Å²) in [5, 5.41) is 15.8. The van der Waals surface area contributed by atoms with Gasteiger partial charge >= 0.3 is 0 Å². The second-order valence-corrected chi connectivity index (χ2v) is 1.54. The standard InChI is InChI=1S/C4H10O6/c1-3(7-5)9-10-4(2)8-6/h3-6H,1-2H3. The lowest BCUT2D eigenvalue weighted by Crippen LogP contribution is -2.17. The molecular formula is C4H10O6. The first-order valence-corrected chi connectivity index (χ1v) is 2.63. The maximum absolute atomic E-state index is 7.91. The molecule has 6 nitrogen and oxygen atoms in total. The van der Waals surface area contributed by atoms with Crippen molar-refractivity contribution < 1.29 is 30.1 Å². The largest absolute Gasteiger partial charge is 0.249 e. The average molecular weight is 154 g/mol. The molecule has 0 fully saturated rings. The summed E-state index contributed by atoms with van der Waals surface area (Å²) in [6, 6.07) is 0. The zero-order valence-corrected chi connectivity index (χ0v) is 5.68. The summed E-state index contributed by atoms with van der Waals surface area (Å²) in [5.74, 6) is 0. The van der Waals surface area contributed by atoms with Gasteiger partial charge in [0.1, 0.15) is 0 Å². The van der Waals surface area contributed by atoms with E-state index >= 15 is 0 Å². The summed E-state index contributed by atoms with van der Waals surface area (Å²) in [5.41, 5.74) is 0. The molecule has 0 saturated heterocycles. The Morgan fingerprint density at radius 3 is 1.40 bits per heavy atom. The van der Waals surface area contributed by atoms with Gasteiger partial charge in [-0.3, -0.25) is 0 Å². The van der Waals surface area contributed by atoms with Crippen LogP contribution < -0.4 is 0 Å². The van der Waals surface area contributed by atoms with E-state index < -0.39 is 12.6 Å². The lowest BCUT2D eigenvalue weighted by Gasteiger charge is -2.10. The van der Waals surface area contributed by atoms with Gasteiger partial charge in [0.15, 0.2) is 0 Å². The van der Waals surface area contributed by atoms with Crippen LogP contribution in [-0.4, -0.2) is 23.1 Å². The molecule has 10 heavy (non-hydrogen) atoms. The van der Waals surface area contributed by atoms with E-state index in [0.29, 0.717) is 0 Å². The van der Waals surface area contributed by atoms with Crippen molar-refractivity contribution >= 4 is 0 Å². The SMILES string of the molecule is CC(OO)OOC(C)OO. The maximum Gasteiger partial charge on any atom is 0.221 e. The van der Waals surface area contributed by atoms with Crippen molar-refractivity contribution in [3.8, 4) is 0 Å². The highest BCUT2D eigenvalue weighted by Gasteiger charge is 2.06. The van der Waals surface area contributed by atoms with Gasteiger partial charge in [0.2, 0.25) is 12.6 Å². The monoisotopic (exact) mass is 154 g/mol. The summed E-state index contributed by atoms with van der Waals surface area (Å²) in [7, 11) is 0. The van der Waals surface area contributed by atoms with Crippen LogP contribution in [0.4, 0.5) is 0 Å². The van der Waals surface area contributed by atoms with Crippen LogP contribution in [0.2, 0.25) is 0 Å². The highest BCUT2D eigenvalue weighted by atomic mass is 17.3. The Hall–Kier alpha value is -0.240. The van der Waals surface area contributed by atoms with Gasteiger partial charge < -0.3 is 0 Å². The molecule has 0 aliphatic rings. The lowest BCUT2D eigenvalue weighted by atomic mass is 10.8. The molecule has 0 spiro atoms. The fraction of sp³-hybridized carbons (Fsp3) is 1.00. The van der Waals surface area contributed by atoms with E-state index in [0.717, 1.165) is 0 Å². The molecule has 0 saturated carbocycles.